The first kappa shape index (κ1) is 63.8. The van der Waals surface area contributed by atoms with Crippen molar-refractivity contribution in [2.75, 3.05) is 0 Å². The van der Waals surface area contributed by atoms with Gasteiger partial charge in [0.15, 0.2) is 0 Å². The first-order valence-corrected chi connectivity index (χ1v) is 23.6. The van der Waals surface area contributed by atoms with E-state index in [1.165, 1.54) is 39.9 Å². The van der Waals surface area contributed by atoms with Crippen LogP contribution in [0.25, 0.3) is 0 Å². The number of hydrogen-bond acceptors (Lipinski definition) is 4. The maximum atomic E-state index is 12.4. The van der Waals surface area contributed by atoms with E-state index in [0.717, 1.165) is 22.8 Å². The van der Waals surface area contributed by atoms with E-state index in [4.69, 9.17) is 5.26 Å². The number of alkyl halides is 3. The van der Waals surface area contributed by atoms with E-state index in [0.29, 0.717) is 22.8 Å². The zero-order chi connectivity index (χ0) is 53.2. The third-order valence-electron chi connectivity index (χ3n) is 11.4. The van der Waals surface area contributed by atoms with Crippen LogP contribution >= 0.6 is 0 Å². The van der Waals surface area contributed by atoms with Gasteiger partial charge in [0.25, 0.3) is 0 Å². The molecule has 0 aromatic heterocycles. The summed E-state index contributed by atoms with van der Waals surface area (Å²) in [5.41, 5.74) is 9.31. The lowest BCUT2D eigenvalue weighted by molar-refractivity contribution is -0.137. The highest BCUT2D eigenvalue weighted by atomic mass is 19.4. The second kappa shape index (κ2) is 24.1. The average molecular weight is 954 g/mol. The van der Waals surface area contributed by atoms with Crippen LogP contribution in [-0.2, 0) is 44.1 Å². The maximum absolute atomic E-state index is 12.4. The monoisotopic (exact) mass is 954 g/mol. The Morgan fingerprint density at radius 2 is 0.681 bits per heavy atom. The molecule has 0 saturated heterocycles. The van der Waals surface area contributed by atoms with Crippen molar-refractivity contribution >= 4 is 0 Å². The van der Waals surface area contributed by atoms with Crippen LogP contribution in [0, 0.1) is 25.2 Å². The van der Waals surface area contributed by atoms with E-state index >= 15 is 0 Å². The summed E-state index contributed by atoms with van der Waals surface area (Å²) < 4.78 is 37.1. The van der Waals surface area contributed by atoms with Crippen molar-refractivity contribution in [3.8, 4) is 23.3 Å². The fourth-order valence-electron chi connectivity index (χ4n) is 6.40. The highest BCUT2D eigenvalue weighted by Gasteiger charge is 2.31. The first-order valence-electron chi connectivity index (χ1n) is 23.6. The number of nitrogens with zero attached hydrogens (tertiary/aromatic N) is 1. The van der Waals surface area contributed by atoms with Gasteiger partial charge in [-0.3, -0.25) is 0 Å². The van der Waals surface area contributed by atoms with Crippen LogP contribution in [0.2, 0.25) is 0 Å². The van der Waals surface area contributed by atoms with E-state index in [2.05, 4.69) is 134 Å². The molecule has 0 radical (unpaired) electrons. The lowest BCUT2D eigenvalue weighted by atomic mass is 9.80. The van der Waals surface area contributed by atoms with Crippen LogP contribution in [0.3, 0.4) is 0 Å². The second-order valence-electron chi connectivity index (χ2n) is 24.7. The Balaban J connectivity index is 0.000000837. The number of phenols is 3. The fourth-order valence-corrected chi connectivity index (χ4v) is 6.40. The molecule has 0 spiro atoms. The normalized spacial score (nSPS) is 12.2. The quantitative estimate of drug-likeness (QED) is 0.156. The molecule has 0 aliphatic carbocycles. The van der Waals surface area contributed by atoms with Gasteiger partial charge in [0.2, 0.25) is 0 Å². The summed E-state index contributed by atoms with van der Waals surface area (Å²) in [6, 6.07) is 33.5. The molecule has 0 saturated carbocycles. The van der Waals surface area contributed by atoms with E-state index in [1.54, 1.807) is 18.2 Å². The van der Waals surface area contributed by atoms with Gasteiger partial charge in [-0.2, -0.15) is 18.4 Å². The van der Waals surface area contributed by atoms with Crippen LogP contribution in [-0.4, -0.2) is 15.3 Å². The predicted molar refractivity (Wildman–Crippen MR) is 289 cm³/mol. The molecule has 0 fully saturated rings. The smallest absolute Gasteiger partial charge is 0.416 e. The minimum atomic E-state index is -4.25. The standard InChI is InChI=1S/C14H19N.C14H22O.C11H13F3.2C11H16O.CH4/c1-13(2,3)11-7-6-8-12(9-11)14(4,5)10-15;1-13(2,3)10-7-11(14(4,5)6)9-12(15)8-10;1-10(2,3)8-5-4-6-9(7-8)11(12,13)14;1-8-5-9(11(2,3)4)7-10(12)6-8;1-8-7-9(11(2,3)4)5-6-10(8)12;/h6-9H,1-5H3;7-9,15H,1-6H3;4-7H,1-3H3;2*5-7,12H,1-4H3;1H4. The molecule has 0 amide bonds. The van der Waals surface area contributed by atoms with Crippen LogP contribution < -0.4 is 0 Å². The van der Waals surface area contributed by atoms with Crippen LogP contribution in [0.5, 0.6) is 17.2 Å². The van der Waals surface area contributed by atoms with Crippen molar-refractivity contribution in [2.24, 2.45) is 0 Å². The number of nitriles is 1. The van der Waals surface area contributed by atoms with Crippen LogP contribution in [0.1, 0.15) is 202 Å². The van der Waals surface area contributed by atoms with Gasteiger partial charge >= 0.3 is 6.18 Å². The SMILES string of the molecule is C.CC(C)(C)c1cc(O)cc(C(C)(C)C)c1.CC(C)(C)c1cccc(C(C)(C)C#N)c1.CC(C)(C)c1cccc(C(F)(F)F)c1.Cc1cc(C(C)(C)C)ccc1O.Cc1cc(O)cc(C(C)(C)C)c1. The molecule has 0 unspecified atom stereocenters. The van der Waals surface area contributed by atoms with Crippen molar-refractivity contribution in [3.05, 3.63) is 159 Å². The van der Waals surface area contributed by atoms with E-state index in [-0.39, 0.29) is 39.9 Å². The molecule has 0 heterocycles. The Morgan fingerprint density at radius 3 is 1.01 bits per heavy atom. The van der Waals surface area contributed by atoms with Crippen LogP contribution in [0.15, 0.2) is 103 Å². The third-order valence-corrected chi connectivity index (χ3v) is 11.4. The molecule has 5 aromatic rings. The number of rotatable bonds is 1. The third kappa shape index (κ3) is 22.0. The van der Waals surface area contributed by atoms with Crippen molar-refractivity contribution in [1.29, 1.82) is 5.26 Å². The minimum absolute atomic E-state index is 0. The van der Waals surface area contributed by atoms with Crippen molar-refractivity contribution in [3.63, 3.8) is 0 Å². The maximum Gasteiger partial charge on any atom is 0.416 e. The summed E-state index contributed by atoms with van der Waals surface area (Å²) in [6.45, 7) is 45.9. The summed E-state index contributed by atoms with van der Waals surface area (Å²) in [7, 11) is 0. The van der Waals surface area contributed by atoms with E-state index < -0.39 is 17.2 Å². The largest absolute Gasteiger partial charge is 0.508 e. The highest BCUT2D eigenvalue weighted by Crippen LogP contribution is 2.35. The van der Waals surface area contributed by atoms with Crippen molar-refractivity contribution < 1.29 is 28.5 Å². The van der Waals surface area contributed by atoms with Gasteiger partial charge in [0.05, 0.1) is 17.0 Å². The van der Waals surface area contributed by atoms with Crippen molar-refractivity contribution in [2.45, 2.75) is 204 Å². The molecule has 5 rings (SSSR count). The van der Waals surface area contributed by atoms with E-state index in [1.807, 2.05) is 90.9 Å². The Hall–Kier alpha value is -5.22. The number of benzene rings is 5. The molecule has 5 aromatic carbocycles. The number of hydrogen-bond donors (Lipinski definition) is 3. The second-order valence-corrected chi connectivity index (χ2v) is 24.7. The Kier molecular flexibility index (Phi) is 22.2. The van der Waals surface area contributed by atoms with Crippen molar-refractivity contribution in [1.82, 2.24) is 0 Å². The molecule has 7 heteroatoms. The molecule has 4 nitrogen and oxygen atoms in total. The molecule has 0 aliphatic rings. The molecular weight excluding hydrogens is 864 g/mol. The topological polar surface area (TPSA) is 84.5 Å². The van der Waals surface area contributed by atoms with Crippen LogP contribution in [0.4, 0.5) is 13.2 Å². The highest BCUT2D eigenvalue weighted by molar-refractivity contribution is 5.41. The molecule has 3 N–H and O–H groups in total. The summed E-state index contributed by atoms with van der Waals surface area (Å²) in [6.07, 6.45) is -4.25. The molecule has 0 aliphatic heterocycles. The lowest BCUT2D eigenvalue weighted by Crippen LogP contribution is -2.17. The lowest BCUT2D eigenvalue weighted by Gasteiger charge is -2.25. The molecule has 0 bridgehead atoms. The Bertz CT molecular complexity index is 2340. The number of phenolic OH excluding ortho intramolecular Hbond substituents is 3. The molecular formula is C62H90F3NO3. The number of aryl methyl sites for hydroxylation is 2. The molecule has 0 atom stereocenters. The van der Waals surface area contributed by atoms with E-state index in [9.17, 15) is 28.5 Å². The Morgan fingerprint density at radius 1 is 0.377 bits per heavy atom. The summed E-state index contributed by atoms with van der Waals surface area (Å²) in [5.74, 6) is 1.11. The summed E-state index contributed by atoms with van der Waals surface area (Å²) >= 11 is 0. The number of aromatic hydroxyl groups is 3. The Labute approximate surface area is 418 Å². The summed E-state index contributed by atoms with van der Waals surface area (Å²) in [4.78, 5) is 0. The average Bonchev–Trinajstić information content (AvgIpc) is 3.17. The number of halogens is 3. The van der Waals surface area contributed by atoms with Gasteiger partial charge in [-0.15, -0.1) is 0 Å². The van der Waals surface area contributed by atoms with Gasteiger partial charge in [-0.1, -0.05) is 199 Å². The molecule has 69 heavy (non-hydrogen) atoms. The predicted octanol–water partition coefficient (Wildman–Crippen LogP) is 18.4. The minimum Gasteiger partial charge on any atom is -0.508 e. The van der Waals surface area contributed by atoms with Gasteiger partial charge in [0, 0.05) is 0 Å². The zero-order valence-corrected chi connectivity index (χ0v) is 45.7. The summed E-state index contributed by atoms with van der Waals surface area (Å²) in [5, 5.41) is 37.5. The first-order chi connectivity index (χ1) is 30.4. The van der Waals surface area contributed by atoms with Gasteiger partial charge in [0.1, 0.15) is 17.2 Å². The zero-order valence-electron chi connectivity index (χ0n) is 45.7. The molecule has 382 valence electrons. The van der Waals surface area contributed by atoms with Gasteiger partial charge in [-0.25, -0.2) is 0 Å². The fraction of sp³-hybridized carbons (Fsp3) is 0.500. The van der Waals surface area contributed by atoms with Gasteiger partial charge in [-0.05, 0) is 147 Å². The van der Waals surface area contributed by atoms with Gasteiger partial charge < -0.3 is 15.3 Å².